The molecule has 3 rings (SSSR count). The lowest BCUT2D eigenvalue weighted by atomic mass is 10.3. The summed E-state index contributed by atoms with van der Waals surface area (Å²) < 4.78 is 2.56. The summed E-state index contributed by atoms with van der Waals surface area (Å²) in [7, 11) is 0. The molecule has 8 heteroatoms. The summed E-state index contributed by atoms with van der Waals surface area (Å²) in [6.45, 7) is 5.33. The molecule has 0 aliphatic carbocycles. The fraction of sp³-hybridized carbons (Fsp3) is 0.538. The minimum atomic E-state index is 0.597. The second kappa shape index (κ2) is 7.06. The molecule has 0 amide bonds. The van der Waals surface area contributed by atoms with Crippen LogP contribution in [0.4, 0.5) is 11.6 Å². The molecule has 116 valence electrons. The predicted octanol–water partition coefficient (Wildman–Crippen LogP) is 0.886. The Morgan fingerprint density at radius 2 is 1.86 bits per heavy atom. The highest BCUT2D eigenvalue weighted by atomic mass is 79.9. The quantitative estimate of drug-likeness (QED) is 0.737. The zero-order chi connectivity index (χ0) is 15.4. The predicted molar refractivity (Wildman–Crippen MR) is 89.4 cm³/mol. The van der Waals surface area contributed by atoms with E-state index in [-0.39, 0.29) is 0 Å². The van der Waals surface area contributed by atoms with Gasteiger partial charge in [0.1, 0.15) is 11.6 Å². The molecular weight excluding hydrogens is 334 g/mol. The lowest BCUT2D eigenvalue weighted by Gasteiger charge is -2.20. The SMILES string of the molecule is Cc1c(N2CCCC2)nc2c(Br)cnn2c1N.NCCN. The lowest BCUT2D eigenvalue weighted by molar-refractivity contribution is 0.893. The minimum Gasteiger partial charge on any atom is -0.383 e. The Morgan fingerprint density at radius 3 is 2.43 bits per heavy atom. The van der Waals surface area contributed by atoms with Crippen LogP contribution in [0.3, 0.4) is 0 Å². The van der Waals surface area contributed by atoms with Crippen molar-refractivity contribution in [1.82, 2.24) is 14.6 Å². The maximum absolute atomic E-state index is 6.11. The maximum atomic E-state index is 6.11. The standard InChI is InChI=1S/C11H14BrN5.C2H8N2/c1-7-9(13)17-11(8(12)6-14-17)15-10(7)16-4-2-3-5-16;3-1-2-4/h6H,2-5,13H2,1H3;1-4H2. The molecule has 3 heterocycles. The van der Waals surface area contributed by atoms with E-state index in [2.05, 4.69) is 30.9 Å². The average molecular weight is 356 g/mol. The van der Waals surface area contributed by atoms with Crippen LogP contribution in [-0.4, -0.2) is 40.8 Å². The molecule has 1 aliphatic rings. The Labute approximate surface area is 132 Å². The number of anilines is 2. The third-order valence-corrected chi connectivity index (χ3v) is 3.99. The molecule has 1 saturated heterocycles. The van der Waals surface area contributed by atoms with Crippen molar-refractivity contribution in [2.45, 2.75) is 19.8 Å². The normalized spacial score (nSPS) is 14.4. The Hall–Kier alpha value is -1.38. The van der Waals surface area contributed by atoms with Gasteiger partial charge in [-0.15, -0.1) is 0 Å². The molecular formula is C13H22BrN7. The maximum Gasteiger partial charge on any atom is 0.173 e. The number of nitrogen functional groups attached to an aromatic ring is 1. The van der Waals surface area contributed by atoms with Crippen LogP contribution in [0, 0.1) is 6.92 Å². The first-order chi connectivity index (χ1) is 10.1. The summed E-state index contributed by atoms with van der Waals surface area (Å²) in [5.74, 6) is 1.66. The van der Waals surface area contributed by atoms with Crippen LogP contribution in [0.5, 0.6) is 0 Å². The number of nitrogens with two attached hydrogens (primary N) is 3. The molecule has 2 aromatic rings. The first kappa shape index (κ1) is 16.0. The third kappa shape index (κ3) is 3.28. The van der Waals surface area contributed by atoms with Crippen molar-refractivity contribution < 1.29 is 0 Å². The molecule has 0 saturated carbocycles. The van der Waals surface area contributed by atoms with E-state index < -0.39 is 0 Å². The van der Waals surface area contributed by atoms with Gasteiger partial charge in [-0.2, -0.15) is 9.61 Å². The summed E-state index contributed by atoms with van der Waals surface area (Å²) in [5.41, 5.74) is 17.7. The monoisotopic (exact) mass is 355 g/mol. The van der Waals surface area contributed by atoms with E-state index in [1.54, 1.807) is 10.7 Å². The minimum absolute atomic E-state index is 0.597. The highest BCUT2D eigenvalue weighted by Crippen LogP contribution is 2.29. The van der Waals surface area contributed by atoms with Crippen LogP contribution in [-0.2, 0) is 0 Å². The molecule has 21 heavy (non-hydrogen) atoms. The first-order valence-electron chi connectivity index (χ1n) is 7.04. The van der Waals surface area contributed by atoms with Gasteiger partial charge < -0.3 is 22.1 Å². The fourth-order valence-electron chi connectivity index (χ4n) is 2.29. The number of halogens is 1. The van der Waals surface area contributed by atoms with Crippen LogP contribution < -0.4 is 22.1 Å². The molecule has 0 spiro atoms. The Morgan fingerprint density at radius 1 is 1.24 bits per heavy atom. The molecule has 1 aliphatic heterocycles. The Balaban J connectivity index is 0.000000361. The van der Waals surface area contributed by atoms with Gasteiger partial charge in [0.25, 0.3) is 0 Å². The molecule has 0 atom stereocenters. The number of fused-ring (bicyclic) bond motifs is 1. The van der Waals surface area contributed by atoms with Crippen molar-refractivity contribution in [3.63, 3.8) is 0 Å². The summed E-state index contributed by atoms with van der Waals surface area (Å²) in [4.78, 5) is 6.97. The smallest absolute Gasteiger partial charge is 0.173 e. The van der Waals surface area contributed by atoms with E-state index in [9.17, 15) is 0 Å². The van der Waals surface area contributed by atoms with Gasteiger partial charge in [-0.3, -0.25) is 0 Å². The topological polar surface area (TPSA) is 111 Å². The van der Waals surface area contributed by atoms with Crippen LogP contribution in [0.1, 0.15) is 18.4 Å². The second-order valence-electron chi connectivity index (χ2n) is 4.95. The third-order valence-electron chi connectivity index (χ3n) is 3.43. The van der Waals surface area contributed by atoms with Crippen molar-refractivity contribution in [2.75, 3.05) is 36.8 Å². The van der Waals surface area contributed by atoms with Gasteiger partial charge in [0.15, 0.2) is 5.65 Å². The number of hydrogen-bond acceptors (Lipinski definition) is 6. The summed E-state index contributed by atoms with van der Waals surface area (Å²) in [5, 5.41) is 4.21. The highest BCUT2D eigenvalue weighted by molar-refractivity contribution is 9.10. The van der Waals surface area contributed by atoms with Crippen molar-refractivity contribution in [3.05, 3.63) is 16.2 Å². The largest absolute Gasteiger partial charge is 0.383 e. The molecule has 1 fully saturated rings. The van der Waals surface area contributed by atoms with Gasteiger partial charge in [-0.05, 0) is 35.7 Å². The van der Waals surface area contributed by atoms with Crippen LogP contribution in [0.2, 0.25) is 0 Å². The van der Waals surface area contributed by atoms with Gasteiger partial charge >= 0.3 is 0 Å². The fourth-order valence-corrected chi connectivity index (χ4v) is 2.64. The van der Waals surface area contributed by atoms with Crippen molar-refractivity contribution in [1.29, 1.82) is 0 Å². The molecule has 6 N–H and O–H groups in total. The van der Waals surface area contributed by atoms with Gasteiger partial charge in [-0.1, -0.05) is 0 Å². The molecule has 7 nitrogen and oxygen atoms in total. The van der Waals surface area contributed by atoms with E-state index in [1.807, 2.05) is 6.92 Å². The zero-order valence-electron chi connectivity index (χ0n) is 12.2. The van der Waals surface area contributed by atoms with E-state index in [1.165, 1.54) is 12.8 Å². The lowest BCUT2D eigenvalue weighted by Crippen LogP contribution is -2.21. The molecule has 0 bridgehead atoms. The highest BCUT2D eigenvalue weighted by Gasteiger charge is 2.20. The van der Waals surface area contributed by atoms with Gasteiger partial charge in [0.2, 0.25) is 0 Å². The average Bonchev–Trinajstić information content (AvgIpc) is 3.13. The number of aromatic nitrogens is 3. The molecule has 0 aromatic carbocycles. The Bertz CT molecular complexity index is 602. The van der Waals surface area contributed by atoms with E-state index in [0.29, 0.717) is 18.9 Å². The number of hydrogen-bond donors (Lipinski definition) is 3. The number of nitrogens with zero attached hydrogens (tertiary/aromatic N) is 4. The second-order valence-corrected chi connectivity index (χ2v) is 5.80. The van der Waals surface area contributed by atoms with Crippen molar-refractivity contribution in [2.24, 2.45) is 11.5 Å². The summed E-state index contributed by atoms with van der Waals surface area (Å²) in [6.07, 6.45) is 4.19. The molecule has 0 unspecified atom stereocenters. The first-order valence-corrected chi connectivity index (χ1v) is 7.83. The van der Waals surface area contributed by atoms with Crippen molar-refractivity contribution >= 4 is 33.2 Å². The van der Waals surface area contributed by atoms with Gasteiger partial charge in [-0.25, -0.2) is 4.98 Å². The molecule has 2 aromatic heterocycles. The van der Waals surface area contributed by atoms with E-state index in [0.717, 1.165) is 34.6 Å². The molecule has 0 radical (unpaired) electrons. The number of rotatable bonds is 2. The van der Waals surface area contributed by atoms with Crippen molar-refractivity contribution in [3.8, 4) is 0 Å². The zero-order valence-corrected chi connectivity index (χ0v) is 13.8. The summed E-state index contributed by atoms with van der Waals surface area (Å²) in [6, 6.07) is 0. The van der Waals surface area contributed by atoms with Gasteiger partial charge in [0.05, 0.1) is 10.7 Å². The van der Waals surface area contributed by atoms with Crippen LogP contribution >= 0.6 is 15.9 Å². The van der Waals surface area contributed by atoms with E-state index >= 15 is 0 Å². The Kier molecular flexibility index (Phi) is 5.38. The van der Waals surface area contributed by atoms with Crippen LogP contribution in [0.25, 0.3) is 5.65 Å². The van der Waals surface area contributed by atoms with Gasteiger partial charge in [0, 0.05) is 31.7 Å². The summed E-state index contributed by atoms with van der Waals surface area (Å²) >= 11 is 3.45. The van der Waals surface area contributed by atoms with E-state index in [4.69, 9.17) is 17.2 Å². The van der Waals surface area contributed by atoms with Crippen LogP contribution in [0.15, 0.2) is 10.7 Å².